The van der Waals surface area contributed by atoms with Crippen molar-refractivity contribution in [1.82, 2.24) is 0 Å². The largest absolute Gasteiger partial charge is 0.480 e. The van der Waals surface area contributed by atoms with Crippen LogP contribution < -0.4 is 11.5 Å². The summed E-state index contributed by atoms with van der Waals surface area (Å²) in [6.45, 7) is 1.73. The molecule has 6 heteroatoms. The molecule has 0 heterocycles. The van der Waals surface area contributed by atoms with E-state index in [2.05, 4.69) is 0 Å². The quantitative estimate of drug-likeness (QED) is 0.520. The highest BCUT2D eigenvalue weighted by molar-refractivity contribution is 5.84. The second-order valence-corrected chi connectivity index (χ2v) is 5.75. The number of benzene rings is 1. The highest BCUT2D eigenvalue weighted by Crippen LogP contribution is 2.14. The molecule has 0 fully saturated rings. The maximum Gasteiger partial charge on any atom is 0.320 e. The van der Waals surface area contributed by atoms with E-state index in [0.29, 0.717) is 6.42 Å². The van der Waals surface area contributed by atoms with Crippen LogP contribution in [0.3, 0.4) is 0 Å². The van der Waals surface area contributed by atoms with Crippen molar-refractivity contribution in [3.63, 3.8) is 0 Å². The molecule has 1 rings (SSSR count). The number of hydrogen-bond donors (Lipinski definition) is 4. The summed E-state index contributed by atoms with van der Waals surface area (Å²) >= 11 is 0. The van der Waals surface area contributed by atoms with Crippen LogP contribution in [0.25, 0.3) is 0 Å². The van der Waals surface area contributed by atoms with E-state index < -0.39 is 24.2 Å². The van der Waals surface area contributed by atoms with Crippen LogP contribution in [-0.4, -0.2) is 40.2 Å². The molecule has 0 aliphatic rings. The van der Waals surface area contributed by atoms with Crippen molar-refractivity contribution in [1.29, 1.82) is 0 Å². The summed E-state index contributed by atoms with van der Waals surface area (Å²) in [5.41, 5.74) is 12.3. The van der Waals surface area contributed by atoms with Gasteiger partial charge in [-0.15, -0.1) is 0 Å². The smallest absolute Gasteiger partial charge is 0.320 e. The van der Waals surface area contributed by atoms with Gasteiger partial charge >= 0.3 is 5.97 Å². The van der Waals surface area contributed by atoms with Gasteiger partial charge in [-0.3, -0.25) is 9.59 Å². The minimum atomic E-state index is -1.26. The molecule has 0 radical (unpaired) electrons. The lowest BCUT2D eigenvalue weighted by Crippen LogP contribution is -2.43. The number of carboxylic acids is 1. The molecular weight excluding hydrogens is 284 g/mol. The van der Waals surface area contributed by atoms with E-state index >= 15 is 0 Å². The predicted molar refractivity (Wildman–Crippen MR) is 83.1 cm³/mol. The van der Waals surface area contributed by atoms with Crippen molar-refractivity contribution in [2.75, 3.05) is 0 Å². The summed E-state index contributed by atoms with van der Waals surface area (Å²) in [6.07, 6.45) is -0.618. The fourth-order valence-corrected chi connectivity index (χ4v) is 2.32. The van der Waals surface area contributed by atoms with Gasteiger partial charge < -0.3 is 21.7 Å². The topological polar surface area (TPSA) is 127 Å². The Morgan fingerprint density at radius 3 is 2.32 bits per heavy atom. The molecule has 22 heavy (non-hydrogen) atoms. The lowest BCUT2D eigenvalue weighted by atomic mass is 9.91. The van der Waals surface area contributed by atoms with Gasteiger partial charge in [0.15, 0.2) is 5.78 Å². The summed E-state index contributed by atoms with van der Waals surface area (Å²) < 4.78 is 0. The number of carbonyl (C=O) groups excluding carboxylic acids is 1. The standard InChI is InChI=1S/C16H24N2O4/c1-10(7-13(18)16(21)22)8-14(19)15(20)12(17)9-11-5-3-2-4-6-11/h2-6,10,12-13,15,20H,7-9,17-18H2,1H3,(H,21,22)/t10?,12-,13+,15+/m1/s1. The number of ketones is 1. The SMILES string of the molecule is CC(CC(=O)[C@@H](O)[C@H](N)Cc1ccccc1)C[C@H](N)C(=O)O. The summed E-state index contributed by atoms with van der Waals surface area (Å²) in [5, 5.41) is 18.8. The monoisotopic (exact) mass is 308 g/mol. The molecule has 1 unspecified atom stereocenters. The third-order valence-electron chi connectivity index (χ3n) is 3.57. The Bertz CT molecular complexity index is 492. The van der Waals surface area contributed by atoms with Crippen molar-refractivity contribution in [3.8, 4) is 0 Å². The van der Waals surface area contributed by atoms with Crippen molar-refractivity contribution in [2.24, 2.45) is 17.4 Å². The first kappa shape index (κ1) is 18.3. The van der Waals surface area contributed by atoms with Crippen LogP contribution in [0.2, 0.25) is 0 Å². The van der Waals surface area contributed by atoms with Crippen LogP contribution >= 0.6 is 0 Å². The van der Waals surface area contributed by atoms with Gasteiger partial charge in [0.25, 0.3) is 0 Å². The number of Topliss-reactive ketones (excluding diaryl/α,β-unsaturated/α-hetero) is 1. The Morgan fingerprint density at radius 1 is 1.18 bits per heavy atom. The molecule has 0 aliphatic heterocycles. The highest BCUT2D eigenvalue weighted by Gasteiger charge is 2.25. The molecule has 0 aromatic heterocycles. The van der Waals surface area contributed by atoms with Gasteiger partial charge in [-0.05, 0) is 24.3 Å². The van der Waals surface area contributed by atoms with Gasteiger partial charge in [0, 0.05) is 12.5 Å². The number of aliphatic hydroxyl groups is 1. The van der Waals surface area contributed by atoms with Crippen molar-refractivity contribution in [3.05, 3.63) is 35.9 Å². The minimum Gasteiger partial charge on any atom is -0.480 e. The van der Waals surface area contributed by atoms with Crippen LogP contribution in [0.1, 0.15) is 25.3 Å². The van der Waals surface area contributed by atoms with Gasteiger partial charge in [-0.25, -0.2) is 0 Å². The van der Waals surface area contributed by atoms with Crippen LogP contribution in [0.4, 0.5) is 0 Å². The molecule has 1 aromatic rings. The van der Waals surface area contributed by atoms with Gasteiger partial charge in [-0.1, -0.05) is 37.3 Å². The number of hydrogen-bond acceptors (Lipinski definition) is 5. The van der Waals surface area contributed by atoms with E-state index in [1.807, 2.05) is 30.3 Å². The zero-order valence-electron chi connectivity index (χ0n) is 12.7. The lowest BCUT2D eigenvalue weighted by molar-refractivity contribution is -0.139. The first-order valence-corrected chi connectivity index (χ1v) is 7.30. The zero-order chi connectivity index (χ0) is 16.7. The molecule has 0 saturated carbocycles. The Morgan fingerprint density at radius 2 is 1.77 bits per heavy atom. The van der Waals surface area contributed by atoms with Crippen molar-refractivity contribution < 1.29 is 19.8 Å². The van der Waals surface area contributed by atoms with E-state index in [1.165, 1.54) is 0 Å². The fraction of sp³-hybridized carbons (Fsp3) is 0.500. The average Bonchev–Trinajstić information content (AvgIpc) is 2.46. The third kappa shape index (κ3) is 5.93. The van der Waals surface area contributed by atoms with Gasteiger partial charge in [0.1, 0.15) is 12.1 Å². The van der Waals surface area contributed by atoms with Gasteiger partial charge in [0.05, 0.1) is 0 Å². The van der Waals surface area contributed by atoms with Crippen LogP contribution in [0.5, 0.6) is 0 Å². The Balaban J connectivity index is 2.48. The summed E-state index contributed by atoms with van der Waals surface area (Å²) in [6, 6.07) is 7.69. The molecule has 0 aliphatic carbocycles. The number of rotatable bonds is 9. The Kier molecular flexibility index (Phi) is 7.17. The first-order chi connectivity index (χ1) is 10.3. The maximum atomic E-state index is 12.0. The predicted octanol–water partition coefficient (Wildman–Crippen LogP) is 0.315. The number of nitrogens with two attached hydrogens (primary N) is 2. The fourth-order valence-electron chi connectivity index (χ4n) is 2.32. The molecule has 0 bridgehead atoms. The van der Waals surface area contributed by atoms with Crippen LogP contribution in [0.15, 0.2) is 30.3 Å². The summed E-state index contributed by atoms with van der Waals surface area (Å²) in [7, 11) is 0. The molecule has 0 spiro atoms. The molecule has 0 amide bonds. The summed E-state index contributed by atoms with van der Waals surface area (Å²) in [4.78, 5) is 22.7. The third-order valence-corrected chi connectivity index (χ3v) is 3.57. The molecule has 122 valence electrons. The maximum absolute atomic E-state index is 12.0. The van der Waals surface area contributed by atoms with Gasteiger partial charge in [0.2, 0.25) is 0 Å². The number of aliphatic hydroxyl groups excluding tert-OH is 1. The van der Waals surface area contributed by atoms with E-state index in [1.54, 1.807) is 6.92 Å². The highest BCUT2D eigenvalue weighted by atomic mass is 16.4. The van der Waals surface area contributed by atoms with E-state index in [9.17, 15) is 14.7 Å². The zero-order valence-corrected chi connectivity index (χ0v) is 12.7. The first-order valence-electron chi connectivity index (χ1n) is 7.30. The lowest BCUT2D eigenvalue weighted by Gasteiger charge is -2.20. The summed E-state index contributed by atoms with van der Waals surface area (Å²) in [5.74, 6) is -1.70. The normalized spacial score (nSPS) is 16.5. The van der Waals surface area contributed by atoms with E-state index in [0.717, 1.165) is 5.56 Å². The van der Waals surface area contributed by atoms with Crippen molar-refractivity contribution >= 4 is 11.8 Å². The van der Waals surface area contributed by atoms with Crippen LogP contribution in [-0.2, 0) is 16.0 Å². The molecule has 4 atom stereocenters. The van der Waals surface area contributed by atoms with E-state index in [-0.39, 0.29) is 24.5 Å². The second-order valence-electron chi connectivity index (χ2n) is 5.75. The Labute approximate surface area is 130 Å². The molecule has 0 saturated heterocycles. The molecule has 6 N–H and O–H groups in total. The van der Waals surface area contributed by atoms with E-state index in [4.69, 9.17) is 16.6 Å². The molecular formula is C16H24N2O4. The van der Waals surface area contributed by atoms with Crippen LogP contribution in [0, 0.1) is 5.92 Å². The molecule has 1 aromatic carbocycles. The Hall–Kier alpha value is -1.76. The average molecular weight is 308 g/mol. The number of carboxylic acid groups (broad SMARTS) is 1. The second kappa shape index (κ2) is 8.63. The minimum absolute atomic E-state index is 0.0602. The number of carbonyl (C=O) groups is 2. The molecule has 6 nitrogen and oxygen atoms in total. The number of aliphatic carboxylic acids is 1. The van der Waals surface area contributed by atoms with Gasteiger partial charge in [-0.2, -0.15) is 0 Å². The van der Waals surface area contributed by atoms with Crippen molar-refractivity contribution in [2.45, 2.75) is 44.4 Å².